The average Bonchev–Trinajstić information content (AvgIpc) is 2.60. The molecule has 1 aliphatic heterocycles. The molecule has 6 heteroatoms. The van der Waals surface area contributed by atoms with Crippen molar-refractivity contribution in [3.63, 3.8) is 0 Å². The molecule has 0 amide bonds. The van der Waals surface area contributed by atoms with Gasteiger partial charge >= 0.3 is 0 Å². The van der Waals surface area contributed by atoms with E-state index in [1.54, 1.807) is 25.3 Å². The minimum Gasteiger partial charge on any atom is -0.497 e. The van der Waals surface area contributed by atoms with Gasteiger partial charge in [0.05, 0.1) is 17.7 Å². The van der Waals surface area contributed by atoms with Crippen molar-refractivity contribution in [3.8, 4) is 5.75 Å². The zero-order valence-corrected chi connectivity index (χ0v) is 15.3. The van der Waals surface area contributed by atoms with Crippen LogP contribution in [0.25, 0.3) is 0 Å². The highest BCUT2D eigenvalue weighted by Gasteiger charge is 2.32. The number of rotatable bonds is 4. The number of carbonyl (C=O) groups is 1. The summed E-state index contributed by atoms with van der Waals surface area (Å²) in [5, 5.41) is 0. The molecular formula is C19H21NO4S. The van der Waals surface area contributed by atoms with E-state index in [2.05, 4.69) is 0 Å². The Morgan fingerprint density at radius 3 is 2.44 bits per heavy atom. The second kappa shape index (κ2) is 6.52. The smallest absolute Gasteiger partial charge is 0.264 e. The van der Waals surface area contributed by atoms with Crippen LogP contribution in [-0.2, 0) is 16.4 Å². The van der Waals surface area contributed by atoms with Crippen LogP contribution < -0.4 is 9.04 Å². The molecule has 1 heterocycles. The summed E-state index contributed by atoms with van der Waals surface area (Å²) in [5.74, 6) is 0.748. The minimum absolute atomic E-state index is 0.0920. The van der Waals surface area contributed by atoms with Crippen LogP contribution in [-0.4, -0.2) is 27.9 Å². The molecule has 1 unspecified atom stereocenters. The summed E-state index contributed by atoms with van der Waals surface area (Å²) < 4.78 is 33.1. The first-order valence-corrected chi connectivity index (χ1v) is 9.57. The SMILES string of the molecule is COc1ccc2c(c1)N(S(=O)(=O)c1ccc(C(C)=O)cc1)CC(C)C2. The third-order valence-electron chi connectivity index (χ3n) is 4.46. The summed E-state index contributed by atoms with van der Waals surface area (Å²) in [7, 11) is -2.15. The lowest BCUT2D eigenvalue weighted by atomic mass is 9.95. The van der Waals surface area contributed by atoms with E-state index in [0.29, 0.717) is 23.5 Å². The Bertz CT molecular complexity index is 904. The van der Waals surface area contributed by atoms with Gasteiger partial charge in [0.25, 0.3) is 10.0 Å². The van der Waals surface area contributed by atoms with Crippen molar-refractivity contribution >= 4 is 21.5 Å². The second-order valence-electron chi connectivity index (χ2n) is 6.42. The van der Waals surface area contributed by atoms with Crippen LogP contribution >= 0.6 is 0 Å². The number of nitrogens with zero attached hydrogens (tertiary/aromatic N) is 1. The number of benzene rings is 2. The molecule has 0 radical (unpaired) electrons. The number of ether oxygens (including phenoxy) is 1. The van der Waals surface area contributed by atoms with Crippen LogP contribution in [0.5, 0.6) is 5.75 Å². The molecule has 1 atom stereocenters. The Morgan fingerprint density at radius 1 is 1.16 bits per heavy atom. The third kappa shape index (κ3) is 3.26. The van der Waals surface area contributed by atoms with Gasteiger partial charge in [0.2, 0.25) is 0 Å². The normalized spacial score (nSPS) is 17.1. The van der Waals surface area contributed by atoms with E-state index in [1.807, 2.05) is 19.1 Å². The number of hydrogen-bond donors (Lipinski definition) is 0. The fraction of sp³-hybridized carbons (Fsp3) is 0.316. The van der Waals surface area contributed by atoms with Gasteiger partial charge in [-0.1, -0.05) is 25.1 Å². The molecule has 0 saturated heterocycles. The quantitative estimate of drug-likeness (QED) is 0.786. The van der Waals surface area contributed by atoms with Gasteiger partial charge in [-0.3, -0.25) is 9.10 Å². The highest BCUT2D eigenvalue weighted by molar-refractivity contribution is 7.92. The Hall–Kier alpha value is -2.34. The molecule has 0 aliphatic carbocycles. The lowest BCUT2D eigenvalue weighted by Gasteiger charge is -2.34. The molecular weight excluding hydrogens is 338 g/mol. The van der Waals surface area contributed by atoms with Gasteiger partial charge in [0.1, 0.15) is 5.75 Å². The van der Waals surface area contributed by atoms with Gasteiger partial charge in [-0.05, 0) is 43.0 Å². The molecule has 0 bridgehead atoms. The van der Waals surface area contributed by atoms with Crippen molar-refractivity contribution in [3.05, 3.63) is 53.6 Å². The highest BCUT2D eigenvalue weighted by Crippen LogP contribution is 2.36. The highest BCUT2D eigenvalue weighted by atomic mass is 32.2. The largest absolute Gasteiger partial charge is 0.497 e. The third-order valence-corrected chi connectivity index (χ3v) is 6.25. The molecule has 0 saturated carbocycles. The average molecular weight is 359 g/mol. The Morgan fingerprint density at radius 2 is 1.84 bits per heavy atom. The van der Waals surface area contributed by atoms with Gasteiger partial charge < -0.3 is 4.74 Å². The lowest BCUT2D eigenvalue weighted by molar-refractivity contribution is 0.101. The van der Waals surface area contributed by atoms with Gasteiger partial charge in [-0.25, -0.2) is 8.42 Å². The van der Waals surface area contributed by atoms with E-state index in [-0.39, 0.29) is 16.6 Å². The van der Waals surface area contributed by atoms with Crippen molar-refractivity contribution in [2.45, 2.75) is 25.2 Å². The van der Waals surface area contributed by atoms with Crippen molar-refractivity contribution in [1.82, 2.24) is 0 Å². The summed E-state index contributed by atoms with van der Waals surface area (Å²) in [5.41, 5.74) is 2.14. The fourth-order valence-corrected chi connectivity index (χ4v) is 4.73. The maximum absolute atomic E-state index is 13.2. The van der Waals surface area contributed by atoms with Gasteiger partial charge in [-0.2, -0.15) is 0 Å². The summed E-state index contributed by atoms with van der Waals surface area (Å²) in [6.07, 6.45) is 0.828. The molecule has 0 fully saturated rings. The van der Waals surface area contributed by atoms with Crippen LogP contribution in [0.15, 0.2) is 47.4 Å². The van der Waals surface area contributed by atoms with E-state index < -0.39 is 10.0 Å². The first kappa shape index (κ1) is 17.5. The topological polar surface area (TPSA) is 63.7 Å². The van der Waals surface area contributed by atoms with Crippen molar-refractivity contribution in [2.24, 2.45) is 5.92 Å². The Balaban J connectivity index is 2.07. The standard InChI is InChI=1S/C19H21NO4S/c1-13-10-16-4-7-17(24-3)11-19(16)20(12-13)25(22,23)18-8-5-15(6-9-18)14(2)21/h4-9,11,13H,10,12H2,1-3H3. The fourth-order valence-electron chi connectivity index (χ4n) is 3.11. The lowest BCUT2D eigenvalue weighted by Crippen LogP contribution is -2.39. The van der Waals surface area contributed by atoms with Crippen molar-refractivity contribution in [1.29, 1.82) is 0 Å². The van der Waals surface area contributed by atoms with E-state index in [1.165, 1.54) is 23.4 Å². The number of fused-ring (bicyclic) bond motifs is 1. The zero-order valence-electron chi connectivity index (χ0n) is 14.5. The molecule has 0 aromatic heterocycles. The first-order valence-electron chi connectivity index (χ1n) is 8.13. The maximum Gasteiger partial charge on any atom is 0.264 e. The van der Waals surface area contributed by atoms with Crippen LogP contribution in [0.2, 0.25) is 0 Å². The van der Waals surface area contributed by atoms with E-state index in [0.717, 1.165) is 12.0 Å². The zero-order chi connectivity index (χ0) is 18.2. The number of anilines is 1. The predicted octanol–water partition coefficient (Wildman–Crippen LogP) is 3.29. The van der Waals surface area contributed by atoms with Gasteiger partial charge in [-0.15, -0.1) is 0 Å². The number of methoxy groups -OCH3 is 1. The maximum atomic E-state index is 13.2. The number of Topliss-reactive ketones (excluding diaryl/α,β-unsaturated/α-hetero) is 1. The number of carbonyl (C=O) groups excluding carboxylic acids is 1. The summed E-state index contributed by atoms with van der Waals surface area (Å²) in [6, 6.07) is 11.6. The second-order valence-corrected chi connectivity index (χ2v) is 8.28. The molecule has 0 N–H and O–H groups in total. The van der Waals surface area contributed by atoms with Crippen LogP contribution in [0.1, 0.15) is 29.8 Å². The van der Waals surface area contributed by atoms with Gasteiger partial charge in [0.15, 0.2) is 5.78 Å². The predicted molar refractivity (Wildman–Crippen MR) is 96.8 cm³/mol. The van der Waals surface area contributed by atoms with Crippen LogP contribution in [0.3, 0.4) is 0 Å². The van der Waals surface area contributed by atoms with Crippen molar-refractivity contribution in [2.75, 3.05) is 18.0 Å². The molecule has 2 aromatic rings. The molecule has 25 heavy (non-hydrogen) atoms. The summed E-state index contributed by atoms with van der Waals surface area (Å²) >= 11 is 0. The first-order chi connectivity index (χ1) is 11.8. The summed E-state index contributed by atoms with van der Waals surface area (Å²) in [4.78, 5) is 11.6. The van der Waals surface area contributed by atoms with Crippen LogP contribution in [0, 0.1) is 5.92 Å². The van der Waals surface area contributed by atoms with E-state index in [4.69, 9.17) is 4.74 Å². The number of hydrogen-bond acceptors (Lipinski definition) is 4. The molecule has 5 nitrogen and oxygen atoms in total. The molecule has 1 aliphatic rings. The Kier molecular flexibility index (Phi) is 4.56. The Labute approximate surface area is 148 Å². The summed E-state index contributed by atoms with van der Waals surface area (Å²) in [6.45, 7) is 3.91. The van der Waals surface area contributed by atoms with Crippen LogP contribution in [0.4, 0.5) is 5.69 Å². The molecule has 0 spiro atoms. The number of sulfonamides is 1. The van der Waals surface area contributed by atoms with Gasteiger partial charge in [0, 0.05) is 18.2 Å². The van der Waals surface area contributed by atoms with E-state index in [9.17, 15) is 13.2 Å². The molecule has 132 valence electrons. The minimum atomic E-state index is -3.71. The molecule has 3 rings (SSSR count). The monoisotopic (exact) mass is 359 g/mol. The number of ketones is 1. The van der Waals surface area contributed by atoms with E-state index >= 15 is 0 Å². The van der Waals surface area contributed by atoms with Crippen molar-refractivity contribution < 1.29 is 17.9 Å². The molecule has 2 aromatic carbocycles.